The summed E-state index contributed by atoms with van der Waals surface area (Å²) in [5, 5.41) is 13.6. The summed E-state index contributed by atoms with van der Waals surface area (Å²) in [6, 6.07) is 16.4. The van der Waals surface area contributed by atoms with Crippen LogP contribution in [0.15, 0.2) is 53.1 Å². The zero-order valence-electron chi connectivity index (χ0n) is 24.4. The number of benzene rings is 1. The van der Waals surface area contributed by atoms with Crippen molar-refractivity contribution in [2.24, 2.45) is 16.2 Å². The average Bonchev–Trinajstić information content (AvgIpc) is 3.67. The summed E-state index contributed by atoms with van der Waals surface area (Å²) in [4.78, 5) is 22.1. The van der Waals surface area contributed by atoms with E-state index in [2.05, 4.69) is 37.8 Å². The number of aromatic nitrogens is 1. The zero-order chi connectivity index (χ0) is 29.6. The molecule has 10 nitrogen and oxygen atoms in total. The van der Waals surface area contributed by atoms with Crippen LogP contribution in [0.5, 0.6) is 0 Å². The molecule has 42 heavy (non-hydrogen) atoms. The molecular formula is C31H42N6O4S. The van der Waals surface area contributed by atoms with Gasteiger partial charge in [0.1, 0.15) is 17.3 Å². The van der Waals surface area contributed by atoms with Gasteiger partial charge in [-0.3, -0.25) is 9.69 Å². The molecule has 1 amide bonds. The minimum absolute atomic E-state index is 0.162. The summed E-state index contributed by atoms with van der Waals surface area (Å²) in [7, 11) is -3.83. The van der Waals surface area contributed by atoms with E-state index in [0.29, 0.717) is 52.4 Å². The lowest BCUT2D eigenvalue weighted by Crippen LogP contribution is -2.56. The Kier molecular flexibility index (Phi) is 9.66. The lowest BCUT2D eigenvalue weighted by atomic mass is 9.71. The summed E-state index contributed by atoms with van der Waals surface area (Å²) < 4.78 is 35.3. The molecule has 3 fully saturated rings. The monoisotopic (exact) mass is 594 g/mol. The van der Waals surface area contributed by atoms with Crippen LogP contribution in [0.4, 0.5) is 0 Å². The predicted molar refractivity (Wildman–Crippen MR) is 161 cm³/mol. The van der Waals surface area contributed by atoms with Crippen LogP contribution in [0.3, 0.4) is 0 Å². The maximum Gasteiger partial charge on any atom is 0.251 e. The van der Waals surface area contributed by atoms with E-state index >= 15 is 0 Å². The van der Waals surface area contributed by atoms with Crippen molar-refractivity contribution in [3.8, 4) is 6.07 Å². The molecule has 2 aliphatic heterocycles. The largest absolute Gasteiger partial charge is 0.378 e. The summed E-state index contributed by atoms with van der Waals surface area (Å²) >= 11 is 0. The second-order valence-corrected chi connectivity index (χ2v) is 13.6. The van der Waals surface area contributed by atoms with Crippen LogP contribution in [0.1, 0.15) is 55.7 Å². The van der Waals surface area contributed by atoms with Crippen molar-refractivity contribution >= 4 is 21.8 Å². The number of amides is 1. The van der Waals surface area contributed by atoms with E-state index < -0.39 is 21.5 Å². The van der Waals surface area contributed by atoms with Gasteiger partial charge in [0, 0.05) is 50.5 Å². The third-order valence-corrected chi connectivity index (χ3v) is 9.35. The minimum atomic E-state index is -3.83. The minimum Gasteiger partial charge on any atom is -0.378 e. The summed E-state index contributed by atoms with van der Waals surface area (Å²) in [6.07, 6.45) is 8.55. The number of carbonyl (C=O) groups is 1. The summed E-state index contributed by atoms with van der Waals surface area (Å²) in [6.45, 7) is 3.47. The first-order chi connectivity index (χ1) is 20.3. The van der Waals surface area contributed by atoms with E-state index in [-0.39, 0.29) is 23.6 Å². The standard InChI is InChI=1S/C31H42N6O4S/c1-42(39,40)35-29(37-17-19-41-20-18-37)28(27(26-13-8-15-33-26)25-11-6-3-7-12-25)30(38)34-31(22-32)14-16-36(23-31)21-24-9-4-2-5-10-24/h2,4-5,8-10,13,15,25,27-28,33H,3,6-7,11-12,14,16-21,23H2,1H3,(H,34,38). The second kappa shape index (κ2) is 13.4. The SMILES string of the molecule is CS(=O)(=O)N=C(C(C(=O)NC1(C#N)CCN(Cc2ccccc2)C1)C(c1ccc[nH]1)C1CCCCC1)N1CCOCC1. The van der Waals surface area contributed by atoms with Crippen molar-refractivity contribution in [3.05, 3.63) is 59.9 Å². The van der Waals surface area contributed by atoms with Gasteiger partial charge >= 0.3 is 0 Å². The summed E-state index contributed by atoms with van der Waals surface area (Å²) in [5.41, 5.74) is 0.951. The fourth-order valence-electron chi connectivity index (χ4n) is 6.87. The van der Waals surface area contributed by atoms with Crippen LogP contribution < -0.4 is 5.32 Å². The number of H-pyrrole nitrogens is 1. The molecule has 1 aromatic carbocycles. The third-order valence-electron chi connectivity index (χ3n) is 8.83. The van der Waals surface area contributed by atoms with Crippen molar-refractivity contribution in [1.82, 2.24) is 20.1 Å². The fraction of sp³-hybridized carbons (Fsp3) is 0.581. The smallest absolute Gasteiger partial charge is 0.251 e. The number of rotatable bonds is 9. The number of carbonyl (C=O) groups excluding carboxylic acids is 1. The highest BCUT2D eigenvalue weighted by molar-refractivity contribution is 7.89. The van der Waals surface area contributed by atoms with E-state index in [1.165, 1.54) is 0 Å². The molecule has 226 valence electrons. The molecule has 0 spiro atoms. The number of sulfonamides is 1. The van der Waals surface area contributed by atoms with Gasteiger partial charge in [0.05, 0.1) is 25.5 Å². The van der Waals surface area contributed by atoms with Crippen molar-refractivity contribution < 1.29 is 17.9 Å². The molecule has 3 heterocycles. The Morgan fingerprint density at radius 2 is 1.88 bits per heavy atom. The van der Waals surface area contributed by atoms with Gasteiger partial charge in [0.15, 0.2) is 0 Å². The van der Waals surface area contributed by atoms with Gasteiger partial charge in [-0.05, 0) is 42.9 Å². The van der Waals surface area contributed by atoms with Gasteiger partial charge in [-0.15, -0.1) is 4.40 Å². The van der Waals surface area contributed by atoms with Crippen molar-refractivity contribution in [3.63, 3.8) is 0 Å². The molecule has 1 aromatic heterocycles. The molecule has 2 saturated heterocycles. The molecule has 2 aromatic rings. The van der Waals surface area contributed by atoms with Gasteiger partial charge in [0.25, 0.3) is 10.0 Å². The molecule has 1 aliphatic carbocycles. The van der Waals surface area contributed by atoms with Gasteiger partial charge in [-0.25, -0.2) is 8.42 Å². The van der Waals surface area contributed by atoms with Crippen molar-refractivity contribution in [1.29, 1.82) is 5.26 Å². The second-order valence-electron chi connectivity index (χ2n) is 11.9. The van der Waals surface area contributed by atoms with Crippen molar-refractivity contribution in [2.45, 2.75) is 56.5 Å². The molecular weight excluding hydrogens is 552 g/mol. The molecule has 3 atom stereocenters. The number of hydrogen-bond acceptors (Lipinski definition) is 6. The Hall–Kier alpha value is -3.20. The lowest BCUT2D eigenvalue weighted by Gasteiger charge is -2.40. The molecule has 5 rings (SSSR count). The average molecular weight is 595 g/mol. The van der Waals surface area contributed by atoms with E-state index in [0.717, 1.165) is 49.6 Å². The zero-order valence-corrected chi connectivity index (χ0v) is 25.2. The van der Waals surface area contributed by atoms with E-state index in [1.54, 1.807) is 0 Å². The van der Waals surface area contributed by atoms with Gasteiger partial charge in [-0.1, -0.05) is 49.6 Å². The topological polar surface area (TPSA) is 131 Å². The van der Waals surface area contributed by atoms with Crippen molar-refractivity contribution in [2.75, 3.05) is 45.6 Å². The molecule has 2 N–H and O–H groups in total. The number of likely N-dealkylation sites (tertiary alicyclic amines) is 1. The van der Waals surface area contributed by atoms with Gasteiger partial charge < -0.3 is 19.9 Å². The molecule has 3 aliphatic rings. The first-order valence-electron chi connectivity index (χ1n) is 15.0. The van der Waals surface area contributed by atoms with Crippen LogP contribution >= 0.6 is 0 Å². The molecule has 11 heteroatoms. The Morgan fingerprint density at radius 1 is 1.14 bits per heavy atom. The first-order valence-corrected chi connectivity index (χ1v) is 16.9. The Morgan fingerprint density at radius 3 is 2.52 bits per heavy atom. The predicted octanol–water partition coefficient (Wildman–Crippen LogP) is 3.27. The number of amidine groups is 1. The van der Waals surface area contributed by atoms with Crippen LogP contribution in [-0.4, -0.2) is 86.1 Å². The molecule has 1 saturated carbocycles. The van der Waals surface area contributed by atoms with Gasteiger partial charge in [-0.2, -0.15) is 5.26 Å². The fourth-order valence-corrected chi connectivity index (χ4v) is 7.43. The van der Waals surface area contributed by atoms with Gasteiger partial charge in [0.2, 0.25) is 5.91 Å². The number of morpholine rings is 1. The number of nitriles is 1. The Balaban J connectivity index is 1.52. The number of nitrogens with zero attached hydrogens (tertiary/aromatic N) is 4. The normalized spacial score (nSPS) is 24.2. The van der Waals surface area contributed by atoms with Crippen LogP contribution in [0.2, 0.25) is 0 Å². The Labute approximate surface area is 249 Å². The maximum atomic E-state index is 14.6. The number of aromatic amines is 1. The number of nitrogens with one attached hydrogen (secondary N) is 2. The quantitative estimate of drug-likeness (QED) is 0.337. The van der Waals surface area contributed by atoms with E-state index in [1.807, 2.05) is 41.4 Å². The Bertz CT molecular complexity index is 1360. The number of ether oxygens (including phenoxy) is 1. The molecule has 0 bridgehead atoms. The third kappa shape index (κ3) is 7.41. The highest BCUT2D eigenvalue weighted by Gasteiger charge is 2.47. The molecule has 0 radical (unpaired) electrons. The van der Waals surface area contributed by atoms with E-state index in [9.17, 15) is 18.5 Å². The van der Waals surface area contributed by atoms with Crippen LogP contribution in [0.25, 0.3) is 0 Å². The summed E-state index contributed by atoms with van der Waals surface area (Å²) in [5.74, 6) is -1.16. The van der Waals surface area contributed by atoms with Crippen LogP contribution in [0, 0.1) is 23.2 Å². The number of hydrogen-bond donors (Lipinski definition) is 2. The first kappa shape index (κ1) is 30.3. The highest BCUT2D eigenvalue weighted by atomic mass is 32.2. The molecule has 3 unspecified atom stereocenters. The van der Waals surface area contributed by atoms with E-state index in [4.69, 9.17) is 4.74 Å². The highest BCUT2D eigenvalue weighted by Crippen LogP contribution is 2.42. The van der Waals surface area contributed by atoms with Crippen LogP contribution in [-0.2, 0) is 26.1 Å². The lowest BCUT2D eigenvalue weighted by molar-refractivity contribution is -0.125. The maximum absolute atomic E-state index is 14.6.